The minimum atomic E-state index is -0.214. The minimum Gasteiger partial charge on any atom is -0.493 e. The van der Waals surface area contributed by atoms with E-state index < -0.39 is 0 Å². The van der Waals surface area contributed by atoms with E-state index in [0.717, 1.165) is 11.4 Å². The zero-order chi connectivity index (χ0) is 14.7. The molecule has 1 atom stereocenters. The van der Waals surface area contributed by atoms with Gasteiger partial charge in [0.25, 0.3) is 0 Å². The van der Waals surface area contributed by atoms with Crippen LogP contribution in [0.2, 0.25) is 5.02 Å². The lowest BCUT2D eigenvalue weighted by atomic mass is 10.0. The van der Waals surface area contributed by atoms with Crippen molar-refractivity contribution in [3.8, 4) is 11.5 Å². The maximum atomic E-state index is 6.23. The van der Waals surface area contributed by atoms with E-state index in [-0.39, 0.29) is 6.04 Å². The van der Waals surface area contributed by atoms with Gasteiger partial charge in [-0.2, -0.15) is 0 Å². The molecule has 0 amide bonds. The van der Waals surface area contributed by atoms with Gasteiger partial charge in [0.05, 0.1) is 19.2 Å². The first kappa shape index (κ1) is 14.7. The number of rotatable bonds is 5. The Bertz CT molecular complexity index is 598. The number of nitrogens with zero attached hydrogens (tertiary/aromatic N) is 2. The number of nitrogens with two attached hydrogens (primary N) is 1. The summed E-state index contributed by atoms with van der Waals surface area (Å²) in [7, 11) is 5.07. The van der Waals surface area contributed by atoms with Gasteiger partial charge in [0.2, 0.25) is 0 Å². The molecule has 1 unspecified atom stereocenters. The van der Waals surface area contributed by atoms with Gasteiger partial charge in [-0.25, -0.2) is 4.98 Å². The number of imidazole rings is 1. The van der Waals surface area contributed by atoms with Crippen LogP contribution in [0.25, 0.3) is 0 Å². The third kappa shape index (κ3) is 2.89. The predicted octanol–water partition coefficient (Wildman–Crippen LogP) is 2.33. The molecule has 0 saturated heterocycles. The van der Waals surface area contributed by atoms with Crippen molar-refractivity contribution < 1.29 is 9.47 Å². The summed E-state index contributed by atoms with van der Waals surface area (Å²) in [6.07, 6.45) is 4.27. The molecule has 0 saturated carbocycles. The van der Waals surface area contributed by atoms with Crippen molar-refractivity contribution in [2.75, 3.05) is 14.2 Å². The molecule has 20 heavy (non-hydrogen) atoms. The molecule has 1 heterocycles. The second-order valence-corrected chi connectivity index (χ2v) is 4.91. The largest absolute Gasteiger partial charge is 0.493 e. The normalized spacial score (nSPS) is 12.2. The zero-order valence-corrected chi connectivity index (χ0v) is 12.5. The van der Waals surface area contributed by atoms with E-state index in [1.807, 2.05) is 23.9 Å². The van der Waals surface area contributed by atoms with Crippen LogP contribution < -0.4 is 15.2 Å². The summed E-state index contributed by atoms with van der Waals surface area (Å²) in [6, 6.07) is 3.43. The summed E-state index contributed by atoms with van der Waals surface area (Å²) in [6.45, 7) is 0. The highest BCUT2D eigenvalue weighted by Gasteiger charge is 2.16. The first-order valence-corrected chi connectivity index (χ1v) is 6.57. The molecule has 1 aromatic heterocycles. The maximum Gasteiger partial charge on any atom is 0.179 e. The fourth-order valence-electron chi connectivity index (χ4n) is 2.06. The number of halogens is 1. The summed E-state index contributed by atoms with van der Waals surface area (Å²) in [5.41, 5.74) is 7.12. The van der Waals surface area contributed by atoms with Crippen LogP contribution in [0.5, 0.6) is 11.5 Å². The summed E-state index contributed by atoms with van der Waals surface area (Å²) in [5, 5.41) is 0.483. The average molecular weight is 296 g/mol. The number of hydrogen-bond acceptors (Lipinski definition) is 4. The second kappa shape index (κ2) is 6.15. The molecular formula is C14H18ClN3O2. The Labute approximate surface area is 123 Å². The Morgan fingerprint density at radius 2 is 2.10 bits per heavy atom. The minimum absolute atomic E-state index is 0.214. The first-order chi connectivity index (χ1) is 9.56. The van der Waals surface area contributed by atoms with Gasteiger partial charge in [-0.15, -0.1) is 0 Å². The lowest BCUT2D eigenvalue weighted by molar-refractivity contribution is 0.354. The lowest BCUT2D eigenvalue weighted by Gasteiger charge is -2.16. The molecule has 6 heteroatoms. The van der Waals surface area contributed by atoms with Crippen molar-refractivity contribution >= 4 is 11.6 Å². The van der Waals surface area contributed by atoms with Crippen molar-refractivity contribution in [3.63, 3.8) is 0 Å². The van der Waals surface area contributed by atoms with E-state index in [1.165, 1.54) is 0 Å². The molecule has 1 aromatic carbocycles. The molecule has 5 nitrogen and oxygen atoms in total. The van der Waals surface area contributed by atoms with E-state index in [1.54, 1.807) is 26.5 Å². The highest BCUT2D eigenvalue weighted by atomic mass is 35.5. The average Bonchev–Trinajstić information content (AvgIpc) is 2.83. The highest BCUT2D eigenvalue weighted by molar-refractivity contribution is 6.32. The summed E-state index contributed by atoms with van der Waals surface area (Å²) in [4.78, 5) is 4.27. The zero-order valence-electron chi connectivity index (χ0n) is 11.8. The van der Waals surface area contributed by atoms with Crippen molar-refractivity contribution in [3.05, 3.63) is 40.9 Å². The van der Waals surface area contributed by atoms with E-state index in [2.05, 4.69) is 4.98 Å². The van der Waals surface area contributed by atoms with Crippen molar-refractivity contribution in [1.82, 2.24) is 9.55 Å². The third-order valence-corrected chi connectivity index (χ3v) is 3.49. The Kier molecular flexibility index (Phi) is 4.52. The molecule has 108 valence electrons. The van der Waals surface area contributed by atoms with Crippen LogP contribution in [-0.2, 0) is 13.5 Å². The van der Waals surface area contributed by atoms with Crippen molar-refractivity contribution in [1.29, 1.82) is 0 Å². The third-order valence-electron chi connectivity index (χ3n) is 3.21. The van der Waals surface area contributed by atoms with Crippen LogP contribution >= 0.6 is 11.6 Å². The van der Waals surface area contributed by atoms with Crippen molar-refractivity contribution in [2.24, 2.45) is 12.8 Å². The molecule has 0 radical (unpaired) electrons. The van der Waals surface area contributed by atoms with Gasteiger partial charge >= 0.3 is 0 Å². The standard InChI is InChI=1S/C14H18ClN3O2/c1-18-5-4-17-13(18)8-11(16)9-6-10(15)14(20-3)12(7-9)19-2/h4-7,11H,8,16H2,1-3H3. The van der Waals surface area contributed by atoms with Crippen LogP contribution in [0.15, 0.2) is 24.5 Å². The summed E-state index contributed by atoms with van der Waals surface area (Å²) in [5.74, 6) is 2.01. The quantitative estimate of drug-likeness (QED) is 0.919. The summed E-state index contributed by atoms with van der Waals surface area (Å²) >= 11 is 6.19. The first-order valence-electron chi connectivity index (χ1n) is 6.20. The van der Waals surface area contributed by atoms with Crippen LogP contribution in [-0.4, -0.2) is 23.8 Å². The number of aryl methyl sites for hydroxylation is 1. The van der Waals surface area contributed by atoms with Gasteiger partial charge in [-0.3, -0.25) is 0 Å². The number of methoxy groups -OCH3 is 2. The number of ether oxygens (including phenoxy) is 2. The maximum absolute atomic E-state index is 6.23. The Hall–Kier alpha value is -1.72. The van der Waals surface area contributed by atoms with Gasteiger partial charge in [0.15, 0.2) is 11.5 Å². The molecule has 0 aliphatic heterocycles. The van der Waals surface area contributed by atoms with E-state index >= 15 is 0 Å². The molecule has 0 aliphatic rings. The topological polar surface area (TPSA) is 62.3 Å². The number of aromatic nitrogens is 2. The van der Waals surface area contributed by atoms with Gasteiger partial charge in [-0.05, 0) is 17.7 Å². The smallest absolute Gasteiger partial charge is 0.179 e. The van der Waals surface area contributed by atoms with Crippen LogP contribution in [0.4, 0.5) is 0 Å². The fourth-order valence-corrected chi connectivity index (χ4v) is 2.36. The van der Waals surface area contributed by atoms with Crippen LogP contribution in [0.1, 0.15) is 17.4 Å². The monoisotopic (exact) mass is 295 g/mol. The van der Waals surface area contributed by atoms with E-state index in [0.29, 0.717) is 22.9 Å². The molecule has 2 rings (SSSR count). The fraction of sp³-hybridized carbons (Fsp3) is 0.357. The number of hydrogen-bond donors (Lipinski definition) is 1. The lowest BCUT2D eigenvalue weighted by Crippen LogP contribution is -2.16. The van der Waals surface area contributed by atoms with Gasteiger partial charge in [-0.1, -0.05) is 11.6 Å². The molecule has 0 fully saturated rings. The number of benzene rings is 1. The van der Waals surface area contributed by atoms with Gasteiger partial charge in [0, 0.05) is 31.9 Å². The highest BCUT2D eigenvalue weighted by Crippen LogP contribution is 2.37. The predicted molar refractivity (Wildman–Crippen MR) is 78.4 cm³/mol. The summed E-state index contributed by atoms with van der Waals surface area (Å²) < 4.78 is 12.4. The molecule has 0 spiro atoms. The van der Waals surface area contributed by atoms with Crippen molar-refractivity contribution in [2.45, 2.75) is 12.5 Å². The van der Waals surface area contributed by atoms with E-state index in [9.17, 15) is 0 Å². The Balaban J connectivity index is 2.28. The van der Waals surface area contributed by atoms with Crippen LogP contribution in [0.3, 0.4) is 0 Å². The van der Waals surface area contributed by atoms with Gasteiger partial charge in [0.1, 0.15) is 5.82 Å². The molecule has 0 bridgehead atoms. The van der Waals surface area contributed by atoms with Crippen LogP contribution in [0, 0.1) is 0 Å². The molecular weight excluding hydrogens is 278 g/mol. The molecule has 0 aliphatic carbocycles. The van der Waals surface area contributed by atoms with E-state index in [4.69, 9.17) is 26.8 Å². The SMILES string of the molecule is COc1cc(C(N)Cc2nccn2C)cc(Cl)c1OC. The molecule has 2 aromatic rings. The second-order valence-electron chi connectivity index (χ2n) is 4.50. The molecule has 2 N–H and O–H groups in total. The van der Waals surface area contributed by atoms with Gasteiger partial charge < -0.3 is 19.8 Å². The Morgan fingerprint density at radius 3 is 2.65 bits per heavy atom. The Morgan fingerprint density at radius 1 is 1.35 bits per heavy atom.